The van der Waals surface area contributed by atoms with Crippen LogP contribution in [0.2, 0.25) is 0 Å². The Bertz CT molecular complexity index is 286. The van der Waals surface area contributed by atoms with Crippen LogP contribution < -0.4 is 10.6 Å². The van der Waals surface area contributed by atoms with E-state index in [1.165, 1.54) is 0 Å². The van der Waals surface area contributed by atoms with Gasteiger partial charge in [-0.2, -0.15) is 0 Å². The fraction of sp³-hybridized carbons (Fsp3) is 0.583. The first-order valence-corrected chi connectivity index (χ1v) is 5.91. The molecular formula is C12H19N3O. The van der Waals surface area contributed by atoms with Crippen molar-refractivity contribution in [2.75, 3.05) is 31.6 Å². The Morgan fingerprint density at radius 1 is 1.31 bits per heavy atom. The van der Waals surface area contributed by atoms with Gasteiger partial charge in [-0.05, 0) is 38.1 Å². The molecule has 2 heterocycles. The van der Waals surface area contributed by atoms with Crippen molar-refractivity contribution in [3.05, 3.63) is 24.5 Å². The van der Waals surface area contributed by atoms with Gasteiger partial charge in [0.25, 0.3) is 0 Å². The summed E-state index contributed by atoms with van der Waals surface area (Å²) in [6, 6.07) is 3.93. The molecule has 4 heteroatoms. The van der Waals surface area contributed by atoms with Gasteiger partial charge in [-0.15, -0.1) is 0 Å². The number of ether oxygens (including phenoxy) is 1. The van der Waals surface area contributed by atoms with Crippen LogP contribution in [0, 0.1) is 0 Å². The van der Waals surface area contributed by atoms with E-state index in [1.807, 2.05) is 12.1 Å². The van der Waals surface area contributed by atoms with Crippen molar-refractivity contribution in [2.45, 2.75) is 18.9 Å². The zero-order chi connectivity index (χ0) is 11.1. The second-order valence-corrected chi connectivity index (χ2v) is 3.98. The lowest BCUT2D eigenvalue weighted by Gasteiger charge is -2.23. The highest BCUT2D eigenvalue weighted by Gasteiger charge is 2.12. The molecule has 2 N–H and O–H groups in total. The number of hydrogen-bond acceptors (Lipinski definition) is 4. The Kier molecular flexibility index (Phi) is 4.58. The van der Waals surface area contributed by atoms with Gasteiger partial charge in [0, 0.05) is 24.6 Å². The van der Waals surface area contributed by atoms with Crippen LogP contribution in [0.15, 0.2) is 24.5 Å². The van der Waals surface area contributed by atoms with E-state index in [0.717, 1.165) is 44.8 Å². The second kappa shape index (κ2) is 6.45. The lowest BCUT2D eigenvalue weighted by molar-refractivity contribution is 0.0394. The maximum absolute atomic E-state index is 5.79. The van der Waals surface area contributed by atoms with E-state index < -0.39 is 0 Å². The molecule has 0 radical (unpaired) electrons. The number of nitrogens with zero attached hydrogens (tertiary/aromatic N) is 1. The molecular weight excluding hydrogens is 202 g/mol. The van der Waals surface area contributed by atoms with Gasteiger partial charge in [0.15, 0.2) is 0 Å². The standard InChI is InChI=1S/C12H19N3O/c1-5-13-6-2-11(1)15-9-10-16-12-3-7-14-8-4-12/h1-2,5-6,12,14H,3-4,7-10H2,(H,13,15). The molecule has 0 unspecified atom stereocenters. The van der Waals surface area contributed by atoms with E-state index in [0.29, 0.717) is 6.10 Å². The summed E-state index contributed by atoms with van der Waals surface area (Å²) in [4.78, 5) is 3.97. The fourth-order valence-corrected chi connectivity index (χ4v) is 1.85. The average Bonchev–Trinajstić information content (AvgIpc) is 2.37. The molecule has 4 nitrogen and oxygen atoms in total. The Hall–Kier alpha value is -1.13. The van der Waals surface area contributed by atoms with Gasteiger partial charge < -0.3 is 15.4 Å². The summed E-state index contributed by atoms with van der Waals surface area (Å²) >= 11 is 0. The topological polar surface area (TPSA) is 46.2 Å². The molecule has 88 valence electrons. The van der Waals surface area contributed by atoms with Crippen molar-refractivity contribution in [3.8, 4) is 0 Å². The van der Waals surface area contributed by atoms with E-state index in [-0.39, 0.29) is 0 Å². The summed E-state index contributed by atoms with van der Waals surface area (Å²) in [7, 11) is 0. The fourth-order valence-electron chi connectivity index (χ4n) is 1.85. The third-order valence-electron chi connectivity index (χ3n) is 2.75. The highest BCUT2D eigenvalue weighted by atomic mass is 16.5. The highest BCUT2D eigenvalue weighted by Crippen LogP contribution is 2.07. The minimum absolute atomic E-state index is 0.445. The quantitative estimate of drug-likeness (QED) is 0.735. The lowest BCUT2D eigenvalue weighted by atomic mass is 10.1. The minimum atomic E-state index is 0.445. The van der Waals surface area contributed by atoms with Crippen LogP contribution in [-0.2, 0) is 4.74 Å². The number of aromatic nitrogens is 1. The molecule has 0 spiro atoms. The molecule has 1 aromatic rings. The van der Waals surface area contributed by atoms with E-state index in [1.54, 1.807) is 12.4 Å². The lowest BCUT2D eigenvalue weighted by Crippen LogP contribution is -2.33. The van der Waals surface area contributed by atoms with Crippen molar-refractivity contribution < 1.29 is 4.74 Å². The van der Waals surface area contributed by atoms with Crippen molar-refractivity contribution in [1.29, 1.82) is 0 Å². The van der Waals surface area contributed by atoms with Gasteiger partial charge >= 0.3 is 0 Å². The van der Waals surface area contributed by atoms with Crippen molar-refractivity contribution >= 4 is 5.69 Å². The summed E-state index contributed by atoms with van der Waals surface area (Å²) in [6.45, 7) is 3.80. The molecule has 0 saturated carbocycles. The van der Waals surface area contributed by atoms with Crippen LogP contribution in [0.25, 0.3) is 0 Å². The number of piperidine rings is 1. The molecule has 0 atom stereocenters. The van der Waals surface area contributed by atoms with Crippen LogP contribution in [-0.4, -0.2) is 37.3 Å². The number of nitrogens with one attached hydrogen (secondary N) is 2. The van der Waals surface area contributed by atoms with Crippen molar-refractivity contribution in [1.82, 2.24) is 10.3 Å². The van der Waals surface area contributed by atoms with E-state index in [2.05, 4.69) is 15.6 Å². The van der Waals surface area contributed by atoms with Crippen LogP contribution in [0.3, 0.4) is 0 Å². The predicted molar refractivity (Wildman–Crippen MR) is 64.6 cm³/mol. The summed E-state index contributed by atoms with van der Waals surface area (Å²) < 4.78 is 5.79. The molecule has 1 aromatic heterocycles. The predicted octanol–water partition coefficient (Wildman–Crippen LogP) is 1.26. The van der Waals surface area contributed by atoms with Gasteiger partial charge in [-0.3, -0.25) is 4.98 Å². The van der Waals surface area contributed by atoms with Gasteiger partial charge in [0.2, 0.25) is 0 Å². The van der Waals surface area contributed by atoms with E-state index in [4.69, 9.17) is 4.74 Å². The first-order chi connectivity index (χ1) is 7.95. The Labute approximate surface area is 96.4 Å². The largest absolute Gasteiger partial charge is 0.383 e. The first kappa shape index (κ1) is 11.4. The molecule has 1 fully saturated rings. The van der Waals surface area contributed by atoms with Crippen LogP contribution in [0.1, 0.15) is 12.8 Å². The summed E-state index contributed by atoms with van der Waals surface area (Å²) in [5, 5.41) is 6.63. The van der Waals surface area contributed by atoms with E-state index >= 15 is 0 Å². The molecule has 0 amide bonds. The third kappa shape index (κ3) is 3.79. The second-order valence-electron chi connectivity index (χ2n) is 3.98. The third-order valence-corrected chi connectivity index (χ3v) is 2.75. The van der Waals surface area contributed by atoms with Crippen LogP contribution >= 0.6 is 0 Å². The Morgan fingerprint density at radius 2 is 2.06 bits per heavy atom. The molecule has 2 rings (SSSR count). The SMILES string of the molecule is c1cc(NCCOC2CCNCC2)ccn1. The van der Waals surface area contributed by atoms with Gasteiger partial charge in [0.05, 0.1) is 12.7 Å². The Balaban J connectivity index is 1.58. The summed E-state index contributed by atoms with van der Waals surface area (Å²) in [5.41, 5.74) is 1.10. The van der Waals surface area contributed by atoms with E-state index in [9.17, 15) is 0 Å². The van der Waals surface area contributed by atoms with Crippen molar-refractivity contribution in [2.24, 2.45) is 0 Å². The maximum Gasteiger partial charge on any atom is 0.0642 e. The van der Waals surface area contributed by atoms with Crippen LogP contribution in [0.4, 0.5) is 5.69 Å². The van der Waals surface area contributed by atoms with Gasteiger partial charge in [-0.1, -0.05) is 0 Å². The molecule has 16 heavy (non-hydrogen) atoms. The minimum Gasteiger partial charge on any atom is -0.383 e. The highest BCUT2D eigenvalue weighted by molar-refractivity contribution is 5.40. The van der Waals surface area contributed by atoms with Gasteiger partial charge in [0.1, 0.15) is 0 Å². The molecule has 0 bridgehead atoms. The van der Waals surface area contributed by atoms with Crippen molar-refractivity contribution in [3.63, 3.8) is 0 Å². The normalized spacial score (nSPS) is 17.2. The number of pyridine rings is 1. The monoisotopic (exact) mass is 221 g/mol. The van der Waals surface area contributed by atoms with Crippen LogP contribution in [0.5, 0.6) is 0 Å². The molecule has 1 aliphatic rings. The zero-order valence-corrected chi connectivity index (χ0v) is 9.48. The number of rotatable bonds is 5. The maximum atomic E-state index is 5.79. The molecule has 0 aliphatic carbocycles. The zero-order valence-electron chi connectivity index (χ0n) is 9.48. The summed E-state index contributed by atoms with van der Waals surface area (Å²) in [6.07, 6.45) is 6.29. The Morgan fingerprint density at radius 3 is 2.81 bits per heavy atom. The number of hydrogen-bond donors (Lipinski definition) is 2. The van der Waals surface area contributed by atoms with Gasteiger partial charge in [-0.25, -0.2) is 0 Å². The molecule has 1 saturated heterocycles. The summed E-state index contributed by atoms with van der Waals surface area (Å²) in [5.74, 6) is 0. The smallest absolute Gasteiger partial charge is 0.0642 e. The molecule has 1 aliphatic heterocycles. The molecule has 0 aromatic carbocycles. The number of anilines is 1. The first-order valence-electron chi connectivity index (χ1n) is 5.91. The average molecular weight is 221 g/mol.